The third-order valence-electron chi connectivity index (χ3n) is 7.69. The molecule has 1 aromatic carbocycles. The van der Waals surface area contributed by atoms with Gasteiger partial charge in [0.25, 0.3) is 0 Å². The summed E-state index contributed by atoms with van der Waals surface area (Å²) in [6.45, 7) is 3.14. The molecule has 200 valence electrons. The van der Waals surface area contributed by atoms with Gasteiger partial charge in [-0.3, -0.25) is 4.79 Å². The predicted molar refractivity (Wildman–Crippen MR) is 122 cm³/mol. The maximum atomic E-state index is 14.0. The lowest BCUT2D eigenvalue weighted by molar-refractivity contribution is -0.142. The third kappa shape index (κ3) is 6.01. The Bertz CT molecular complexity index is 976. The smallest absolute Gasteiger partial charge is 0.381 e. The molecule has 36 heavy (non-hydrogen) atoms. The van der Waals surface area contributed by atoms with Crippen LogP contribution in [0.25, 0.3) is 0 Å². The molecule has 1 aliphatic carbocycles. The van der Waals surface area contributed by atoms with Crippen LogP contribution in [0.5, 0.6) is 0 Å². The molecule has 1 saturated heterocycles. The standard InChI is InChI=1S/C26H32F6N2O2/c1-16-20(24(35)33-19-9-11-36-12-10-19)14-23(34(16)15-17-5-3-2-4-6-17)21-13-18(25(27,28)29)7-8-22(21)26(30,31)32/h7-8,13,17,19,23H,2-6,9-12,14-15H2,1H3,(H,33,35). The largest absolute Gasteiger partial charge is 0.416 e. The van der Waals surface area contributed by atoms with Crippen LogP contribution < -0.4 is 5.32 Å². The fourth-order valence-corrected chi connectivity index (χ4v) is 5.69. The predicted octanol–water partition coefficient (Wildman–Crippen LogP) is 6.62. The minimum absolute atomic E-state index is 0.0714. The van der Waals surface area contributed by atoms with Crippen LogP contribution in [0.2, 0.25) is 0 Å². The number of rotatable bonds is 5. The van der Waals surface area contributed by atoms with Gasteiger partial charge in [0.1, 0.15) is 0 Å². The summed E-state index contributed by atoms with van der Waals surface area (Å²) in [7, 11) is 0. The second-order valence-electron chi connectivity index (χ2n) is 10.1. The van der Waals surface area contributed by atoms with E-state index in [-0.39, 0.29) is 24.3 Å². The summed E-state index contributed by atoms with van der Waals surface area (Å²) < 4.78 is 87.8. The van der Waals surface area contributed by atoms with Gasteiger partial charge in [-0.05, 0) is 62.3 Å². The summed E-state index contributed by atoms with van der Waals surface area (Å²) in [5.74, 6) is -0.148. The number of ether oxygens (including phenoxy) is 1. The molecule has 1 atom stereocenters. The molecule has 10 heteroatoms. The Labute approximate surface area is 207 Å². The van der Waals surface area contributed by atoms with E-state index in [1.807, 2.05) is 0 Å². The molecule has 0 spiro atoms. The number of hydrogen-bond acceptors (Lipinski definition) is 3. The van der Waals surface area contributed by atoms with E-state index in [0.717, 1.165) is 32.1 Å². The highest BCUT2D eigenvalue weighted by Gasteiger charge is 2.43. The summed E-state index contributed by atoms with van der Waals surface area (Å²) in [4.78, 5) is 15.0. The minimum atomic E-state index is -4.82. The molecule has 0 aromatic heterocycles. The number of benzene rings is 1. The lowest BCUT2D eigenvalue weighted by atomic mass is 9.88. The lowest BCUT2D eigenvalue weighted by Crippen LogP contribution is -2.39. The summed E-state index contributed by atoms with van der Waals surface area (Å²) in [6, 6.07) is 0.518. The molecule has 1 saturated carbocycles. The van der Waals surface area contributed by atoms with E-state index >= 15 is 0 Å². The van der Waals surface area contributed by atoms with Crippen molar-refractivity contribution in [2.75, 3.05) is 19.8 Å². The van der Waals surface area contributed by atoms with E-state index in [1.165, 1.54) is 0 Å². The number of nitrogens with one attached hydrogen (secondary N) is 1. The van der Waals surface area contributed by atoms with Gasteiger partial charge >= 0.3 is 12.4 Å². The first-order valence-corrected chi connectivity index (χ1v) is 12.6. The number of carbonyl (C=O) groups excluding carboxylic acids is 1. The Morgan fingerprint density at radius 3 is 2.28 bits per heavy atom. The van der Waals surface area contributed by atoms with Crippen molar-refractivity contribution in [1.29, 1.82) is 0 Å². The van der Waals surface area contributed by atoms with E-state index in [4.69, 9.17) is 4.74 Å². The molecule has 4 nitrogen and oxygen atoms in total. The van der Waals surface area contributed by atoms with E-state index in [9.17, 15) is 31.1 Å². The maximum Gasteiger partial charge on any atom is 0.416 e. The van der Waals surface area contributed by atoms with Crippen LogP contribution in [-0.4, -0.2) is 36.6 Å². The van der Waals surface area contributed by atoms with Gasteiger partial charge in [0.2, 0.25) is 5.91 Å². The molecular formula is C26H32F6N2O2. The molecule has 1 amide bonds. The van der Waals surface area contributed by atoms with Gasteiger partial charge in [-0.2, -0.15) is 26.3 Å². The topological polar surface area (TPSA) is 41.6 Å². The summed E-state index contributed by atoms with van der Waals surface area (Å²) >= 11 is 0. The molecule has 0 bridgehead atoms. The maximum absolute atomic E-state index is 14.0. The van der Waals surface area contributed by atoms with Crippen molar-refractivity contribution in [3.63, 3.8) is 0 Å². The number of halogens is 6. The number of carbonyl (C=O) groups is 1. The van der Waals surface area contributed by atoms with Crippen molar-refractivity contribution in [1.82, 2.24) is 10.2 Å². The Kier molecular flexibility index (Phi) is 7.92. The van der Waals surface area contributed by atoms with E-state index in [2.05, 4.69) is 5.32 Å². The Balaban J connectivity index is 1.70. The Hall–Kier alpha value is -2.23. The Morgan fingerprint density at radius 1 is 1.00 bits per heavy atom. The zero-order chi connectivity index (χ0) is 26.1. The van der Waals surface area contributed by atoms with Gasteiger partial charge in [-0.1, -0.05) is 19.3 Å². The first-order valence-electron chi connectivity index (χ1n) is 12.6. The average Bonchev–Trinajstić information content (AvgIpc) is 3.15. The van der Waals surface area contributed by atoms with Gasteiger partial charge in [-0.15, -0.1) is 0 Å². The SMILES string of the molecule is CC1=C(C(=O)NC2CCOCC2)CC(c2cc(C(F)(F)F)ccc2C(F)(F)F)N1CC1CCCCC1. The molecule has 4 rings (SSSR count). The number of nitrogens with zero attached hydrogens (tertiary/aromatic N) is 1. The minimum Gasteiger partial charge on any atom is -0.381 e. The highest BCUT2D eigenvalue weighted by molar-refractivity contribution is 5.95. The van der Waals surface area contributed by atoms with Crippen LogP contribution in [0, 0.1) is 5.92 Å². The summed E-state index contributed by atoms with van der Waals surface area (Å²) in [5.41, 5.74) is -1.76. The van der Waals surface area contributed by atoms with Crippen molar-refractivity contribution < 1.29 is 35.9 Å². The van der Waals surface area contributed by atoms with Crippen molar-refractivity contribution in [2.45, 2.75) is 82.7 Å². The quantitative estimate of drug-likeness (QED) is 0.446. The third-order valence-corrected chi connectivity index (χ3v) is 7.69. The van der Waals surface area contributed by atoms with Gasteiger partial charge in [-0.25, -0.2) is 0 Å². The van der Waals surface area contributed by atoms with Crippen molar-refractivity contribution >= 4 is 5.91 Å². The van der Waals surface area contributed by atoms with Crippen LogP contribution in [0.4, 0.5) is 26.3 Å². The fourth-order valence-electron chi connectivity index (χ4n) is 5.69. The second-order valence-corrected chi connectivity index (χ2v) is 10.1. The molecule has 2 fully saturated rings. The van der Waals surface area contributed by atoms with Gasteiger partial charge in [0, 0.05) is 43.5 Å². The van der Waals surface area contributed by atoms with Gasteiger partial charge < -0.3 is 15.0 Å². The summed E-state index contributed by atoms with van der Waals surface area (Å²) in [5, 5.41) is 2.96. The summed E-state index contributed by atoms with van der Waals surface area (Å²) in [6.07, 6.45) is -3.45. The molecule has 2 heterocycles. The van der Waals surface area contributed by atoms with Crippen molar-refractivity contribution in [2.24, 2.45) is 5.92 Å². The zero-order valence-electron chi connectivity index (χ0n) is 20.3. The average molecular weight is 519 g/mol. The molecule has 0 radical (unpaired) electrons. The molecule has 2 aliphatic heterocycles. The van der Waals surface area contributed by atoms with Crippen LogP contribution in [0.3, 0.4) is 0 Å². The van der Waals surface area contributed by atoms with Crippen LogP contribution >= 0.6 is 0 Å². The lowest BCUT2D eigenvalue weighted by Gasteiger charge is -2.35. The highest BCUT2D eigenvalue weighted by atomic mass is 19.4. The monoisotopic (exact) mass is 518 g/mol. The Morgan fingerprint density at radius 2 is 1.67 bits per heavy atom. The highest BCUT2D eigenvalue weighted by Crippen LogP contribution is 2.46. The number of hydrogen-bond donors (Lipinski definition) is 1. The molecule has 1 N–H and O–H groups in total. The fraction of sp³-hybridized carbons (Fsp3) is 0.654. The van der Waals surface area contributed by atoms with Crippen LogP contribution in [0.15, 0.2) is 29.5 Å². The first-order chi connectivity index (χ1) is 16.9. The molecule has 1 unspecified atom stereocenters. The van der Waals surface area contributed by atoms with E-state index in [1.54, 1.807) is 11.8 Å². The van der Waals surface area contributed by atoms with Crippen LogP contribution in [-0.2, 0) is 21.9 Å². The number of amides is 1. The first kappa shape index (κ1) is 26.8. The van der Waals surface area contributed by atoms with Gasteiger partial charge in [0.05, 0.1) is 17.2 Å². The van der Waals surface area contributed by atoms with E-state index in [0.29, 0.717) is 62.1 Å². The van der Waals surface area contributed by atoms with Crippen molar-refractivity contribution in [3.05, 3.63) is 46.2 Å². The zero-order valence-corrected chi connectivity index (χ0v) is 20.3. The van der Waals surface area contributed by atoms with Crippen molar-refractivity contribution in [3.8, 4) is 0 Å². The molecule has 3 aliphatic rings. The second kappa shape index (κ2) is 10.6. The normalized spacial score (nSPS) is 22.9. The number of allylic oxidation sites excluding steroid dienone is 1. The number of alkyl halides is 6. The molecular weight excluding hydrogens is 486 g/mol. The van der Waals surface area contributed by atoms with Gasteiger partial charge in [0.15, 0.2) is 0 Å². The molecule has 1 aromatic rings. The van der Waals surface area contributed by atoms with E-state index < -0.39 is 35.1 Å². The van der Waals surface area contributed by atoms with Crippen LogP contribution in [0.1, 0.15) is 81.0 Å².